The summed E-state index contributed by atoms with van der Waals surface area (Å²) >= 11 is 7.51. The number of hydrogen-bond acceptors (Lipinski definition) is 2. The molecule has 4 rings (SSSR count). The molecule has 0 atom stereocenters. The van der Waals surface area contributed by atoms with Crippen LogP contribution in [0.5, 0.6) is 0 Å². The van der Waals surface area contributed by atoms with E-state index in [0.717, 1.165) is 4.51 Å². The number of rotatable bonds is 1. The zero-order chi connectivity index (χ0) is 14.2. The van der Waals surface area contributed by atoms with Crippen molar-refractivity contribution in [1.82, 2.24) is 0 Å². The summed E-state index contributed by atoms with van der Waals surface area (Å²) in [6.07, 6.45) is 0. The van der Waals surface area contributed by atoms with Crippen LogP contribution >= 0.6 is 23.6 Å². The number of fused-ring (bicyclic) bond motifs is 2. The molecule has 0 N–H and O–H groups in total. The fraction of sp³-hybridized carbons (Fsp3) is 0. The molecule has 0 spiro atoms. The molecule has 100 valence electrons. The second kappa shape index (κ2) is 5.06. The third-order valence-electron chi connectivity index (χ3n) is 3.68. The van der Waals surface area contributed by atoms with Gasteiger partial charge < -0.3 is 0 Å². The van der Waals surface area contributed by atoms with Crippen molar-refractivity contribution in [3.05, 3.63) is 77.3 Å². The SMILES string of the molecule is S=c1c2ccccc2sc2ccc(-c3ccccc3)cc12. The van der Waals surface area contributed by atoms with Crippen LogP contribution in [0.4, 0.5) is 0 Å². The molecule has 21 heavy (non-hydrogen) atoms. The highest BCUT2D eigenvalue weighted by Gasteiger charge is 2.05. The third-order valence-corrected chi connectivity index (χ3v) is 5.27. The molecule has 1 heterocycles. The molecule has 4 aromatic rings. The van der Waals surface area contributed by atoms with E-state index in [4.69, 9.17) is 12.2 Å². The van der Waals surface area contributed by atoms with Crippen LogP contribution in [0, 0.1) is 4.51 Å². The Labute approximate surface area is 132 Å². The van der Waals surface area contributed by atoms with Gasteiger partial charge in [-0.1, -0.05) is 66.8 Å². The standard InChI is InChI=1S/C19H12S2/c20-19-15-8-4-5-9-17(15)21-18-11-10-14(12-16(18)19)13-6-2-1-3-7-13/h1-12H. The highest BCUT2D eigenvalue weighted by atomic mass is 32.1. The van der Waals surface area contributed by atoms with E-state index in [1.165, 1.54) is 31.3 Å². The van der Waals surface area contributed by atoms with Crippen LogP contribution in [0.15, 0.2) is 72.8 Å². The molecular weight excluding hydrogens is 292 g/mol. The second-order valence-electron chi connectivity index (χ2n) is 5.00. The highest BCUT2D eigenvalue weighted by Crippen LogP contribution is 2.32. The molecule has 0 saturated heterocycles. The van der Waals surface area contributed by atoms with Crippen molar-refractivity contribution in [1.29, 1.82) is 0 Å². The summed E-state index contributed by atoms with van der Waals surface area (Å²) in [5.41, 5.74) is 2.45. The topological polar surface area (TPSA) is 0 Å². The van der Waals surface area contributed by atoms with E-state index in [2.05, 4.69) is 66.7 Å². The average Bonchev–Trinajstić information content (AvgIpc) is 2.56. The Morgan fingerprint density at radius 1 is 0.619 bits per heavy atom. The largest absolute Gasteiger partial charge is 0.135 e. The van der Waals surface area contributed by atoms with Crippen LogP contribution in [-0.2, 0) is 0 Å². The minimum Gasteiger partial charge on any atom is -0.135 e. The molecule has 1 aromatic heterocycles. The summed E-state index contributed by atoms with van der Waals surface area (Å²) in [5, 5.41) is 2.35. The van der Waals surface area contributed by atoms with E-state index in [9.17, 15) is 0 Å². The van der Waals surface area contributed by atoms with Crippen molar-refractivity contribution < 1.29 is 0 Å². The molecule has 2 heteroatoms. The van der Waals surface area contributed by atoms with Gasteiger partial charge >= 0.3 is 0 Å². The lowest BCUT2D eigenvalue weighted by Crippen LogP contribution is -1.80. The zero-order valence-electron chi connectivity index (χ0n) is 11.2. The van der Waals surface area contributed by atoms with Gasteiger partial charge in [0.15, 0.2) is 0 Å². The van der Waals surface area contributed by atoms with Gasteiger partial charge in [-0.3, -0.25) is 0 Å². The van der Waals surface area contributed by atoms with Crippen LogP contribution in [0.3, 0.4) is 0 Å². The number of hydrogen-bond donors (Lipinski definition) is 0. The van der Waals surface area contributed by atoms with Crippen LogP contribution in [0.1, 0.15) is 0 Å². The Balaban J connectivity index is 2.06. The zero-order valence-corrected chi connectivity index (χ0v) is 12.9. The monoisotopic (exact) mass is 304 g/mol. The van der Waals surface area contributed by atoms with Gasteiger partial charge in [0, 0.05) is 20.2 Å². The maximum absolute atomic E-state index is 5.71. The Hall–Kier alpha value is -2.03. The summed E-state index contributed by atoms with van der Waals surface area (Å²) in [6.45, 7) is 0. The Morgan fingerprint density at radius 3 is 2.19 bits per heavy atom. The van der Waals surface area contributed by atoms with Gasteiger partial charge in [-0.2, -0.15) is 0 Å². The first-order valence-electron chi connectivity index (χ1n) is 6.84. The maximum Gasteiger partial charge on any atom is 0.0550 e. The average molecular weight is 304 g/mol. The van der Waals surface area contributed by atoms with E-state index < -0.39 is 0 Å². The first-order valence-corrected chi connectivity index (χ1v) is 8.06. The fourth-order valence-corrected chi connectivity index (χ4v) is 4.16. The van der Waals surface area contributed by atoms with Crippen LogP contribution < -0.4 is 0 Å². The van der Waals surface area contributed by atoms with Gasteiger partial charge in [0.25, 0.3) is 0 Å². The predicted octanol–water partition coefficient (Wildman–Crippen LogP) is 6.45. The molecule has 0 unspecified atom stereocenters. The molecule has 0 bridgehead atoms. The van der Waals surface area contributed by atoms with Crippen LogP contribution in [0.2, 0.25) is 0 Å². The molecule has 0 radical (unpaired) electrons. The van der Waals surface area contributed by atoms with Crippen LogP contribution in [-0.4, -0.2) is 0 Å². The molecule has 0 fully saturated rings. The van der Waals surface area contributed by atoms with Crippen molar-refractivity contribution in [3.63, 3.8) is 0 Å². The highest BCUT2D eigenvalue weighted by molar-refractivity contribution is 7.72. The molecule has 0 aliphatic heterocycles. The molecular formula is C19H12S2. The van der Waals surface area contributed by atoms with Gasteiger partial charge in [-0.15, -0.1) is 11.3 Å². The van der Waals surface area contributed by atoms with E-state index in [0.29, 0.717) is 0 Å². The molecule has 3 aromatic carbocycles. The fourth-order valence-electron chi connectivity index (χ4n) is 2.61. The molecule has 0 saturated carbocycles. The molecule has 0 aliphatic rings. The van der Waals surface area contributed by atoms with Gasteiger partial charge in [-0.05, 0) is 29.3 Å². The Kier molecular flexibility index (Phi) is 3.06. The summed E-state index contributed by atoms with van der Waals surface area (Å²) < 4.78 is 3.46. The maximum atomic E-state index is 5.71. The van der Waals surface area contributed by atoms with Gasteiger partial charge in [0.2, 0.25) is 0 Å². The van der Waals surface area contributed by atoms with Gasteiger partial charge in [0.1, 0.15) is 0 Å². The normalized spacial score (nSPS) is 11.0. The van der Waals surface area contributed by atoms with E-state index in [-0.39, 0.29) is 0 Å². The van der Waals surface area contributed by atoms with Gasteiger partial charge in [0.05, 0.1) is 4.51 Å². The summed E-state index contributed by atoms with van der Waals surface area (Å²) in [6, 6.07) is 25.4. The first kappa shape index (κ1) is 12.7. The van der Waals surface area contributed by atoms with Gasteiger partial charge in [-0.25, -0.2) is 0 Å². The second-order valence-corrected chi connectivity index (χ2v) is 6.50. The van der Waals surface area contributed by atoms with E-state index in [1.54, 1.807) is 11.3 Å². The smallest absolute Gasteiger partial charge is 0.0550 e. The lowest BCUT2D eigenvalue weighted by atomic mass is 10.0. The van der Waals surface area contributed by atoms with Crippen molar-refractivity contribution in [2.75, 3.05) is 0 Å². The summed E-state index contributed by atoms with van der Waals surface area (Å²) in [7, 11) is 0. The number of benzene rings is 3. The minimum atomic E-state index is 0.956. The van der Waals surface area contributed by atoms with Crippen molar-refractivity contribution in [2.45, 2.75) is 0 Å². The van der Waals surface area contributed by atoms with Crippen LogP contribution in [0.25, 0.3) is 31.3 Å². The van der Waals surface area contributed by atoms with E-state index in [1.807, 2.05) is 6.07 Å². The Morgan fingerprint density at radius 2 is 1.33 bits per heavy atom. The first-order chi connectivity index (χ1) is 10.3. The summed E-state index contributed by atoms with van der Waals surface area (Å²) in [4.78, 5) is 0. The quantitative estimate of drug-likeness (QED) is 0.287. The predicted molar refractivity (Wildman–Crippen MR) is 95.6 cm³/mol. The van der Waals surface area contributed by atoms with E-state index >= 15 is 0 Å². The lowest BCUT2D eigenvalue weighted by molar-refractivity contribution is 1.65. The molecule has 0 aliphatic carbocycles. The minimum absolute atomic E-state index is 0.956. The summed E-state index contributed by atoms with van der Waals surface area (Å²) in [5.74, 6) is 0. The van der Waals surface area contributed by atoms with Crippen molar-refractivity contribution in [3.8, 4) is 11.1 Å². The molecule has 0 nitrogen and oxygen atoms in total. The molecule has 0 amide bonds. The van der Waals surface area contributed by atoms with Crippen molar-refractivity contribution >= 4 is 43.7 Å². The van der Waals surface area contributed by atoms with Crippen molar-refractivity contribution in [2.24, 2.45) is 0 Å². The lowest BCUT2D eigenvalue weighted by Gasteiger charge is -2.06. The Bertz CT molecular complexity index is 998. The third kappa shape index (κ3) is 2.17.